The van der Waals surface area contributed by atoms with Crippen LogP contribution >= 0.6 is 27.5 Å². The second-order valence-electron chi connectivity index (χ2n) is 4.11. The van der Waals surface area contributed by atoms with Crippen molar-refractivity contribution in [3.8, 4) is 0 Å². The standard InChI is InChI=1S/C14H9BrClFN2O2/c15-10-3-1-2-8(12(10)17)14(21)19-7-4-5-11(16)9(6-7)13(18)20/h1-6H,(H2,18,20)(H,19,21). The van der Waals surface area contributed by atoms with Crippen LogP contribution in [-0.2, 0) is 0 Å². The fourth-order valence-electron chi connectivity index (χ4n) is 1.67. The van der Waals surface area contributed by atoms with E-state index in [1.165, 1.54) is 30.3 Å². The summed E-state index contributed by atoms with van der Waals surface area (Å²) >= 11 is 8.82. The van der Waals surface area contributed by atoms with E-state index in [9.17, 15) is 14.0 Å². The summed E-state index contributed by atoms with van der Waals surface area (Å²) in [6.07, 6.45) is 0. The van der Waals surface area contributed by atoms with Gasteiger partial charge in [0.15, 0.2) is 0 Å². The molecule has 0 aliphatic heterocycles. The van der Waals surface area contributed by atoms with E-state index in [-0.39, 0.29) is 26.3 Å². The lowest BCUT2D eigenvalue weighted by Gasteiger charge is -2.08. The molecule has 108 valence electrons. The van der Waals surface area contributed by atoms with Gasteiger partial charge in [0, 0.05) is 5.69 Å². The predicted octanol–water partition coefficient (Wildman–Crippen LogP) is 3.59. The minimum Gasteiger partial charge on any atom is -0.366 e. The van der Waals surface area contributed by atoms with Crippen LogP contribution in [0, 0.1) is 5.82 Å². The molecule has 0 bridgehead atoms. The molecule has 0 aliphatic carbocycles. The highest BCUT2D eigenvalue weighted by molar-refractivity contribution is 9.10. The third-order valence-electron chi connectivity index (χ3n) is 2.69. The molecule has 2 aromatic carbocycles. The Hall–Kier alpha value is -1.92. The number of benzene rings is 2. The van der Waals surface area contributed by atoms with Crippen LogP contribution < -0.4 is 11.1 Å². The van der Waals surface area contributed by atoms with Gasteiger partial charge in [-0.1, -0.05) is 17.7 Å². The molecule has 4 nitrogen and oxygen atoms in total. The molecule has 2 aromatic rings. The van der Waals surface area contributed by atoms with E-state index < -0.39 is 17.6 Å². The maximum absolute atomic E-state index is 13.8. The van der Waals surface area contributed by atoms with E-state index in [0.717, 1.165) is 0 Å². The molecule has 7 heteroatoms. The average molecular weight is 372 g/mol. The Balaban J connectivity index is 2.30. The Labute approximate surface area is 133 Å². The number of nitrogens with one attached hydrogen (secondary N) is 1. The number of halogens is 3. The van der Waals surface area contributed by atoms with E-state index in [4.69, 9.17) is 17.3 Å². The fourth-order valence-corrected chi connectivity index (χ4v) is 2.25. The number of amides is 2. The molecule has 0 aliphatic rings. The van der Waals surface area contributed by atoms with Crippen LogP contribution in [-0.4, -0.2) is 11.8 Å². The average Bonchev–Trinajstić information content (AvgIpc) is 2.43. The Morgan fingerprint density at radius 3 is 2.57 bits per heavy atom. The maximum atomic E-state index is 13.8. The number of carbonyl (C=O) groups excluding carboxylic acids is 2. The maximum Gasteiger partial charge on any atom is 0.258 e. The number of nitrogens with two attached hydrogens (primary N) is 1. The summed E-state index contributed by atoms with van der Waals surface area (Å²) in [5.74, 6) is -2.03. The molecule has 0 spiro atoms. The van der Waals surface area contributed by atoms with Crippen LogP contribution in [0.4, 0.5) is 10.1 Å². The lowest BCUT2D eigenvalue weighted by atomic mass is 10.1. The molecule has 0 radical (unpaired) electrons. The van der Waals surface area contributed by atoms with Gasteiger partial charge < -0.3 is 11.1 Å². The minimum atomic E-state index is -0.718. The number of hydrogen-bond donors (Lipinski definition) is 2. The van der Waals surface area contributed by atoms with Crippen LogP contribution in [0.1, 0.15) is 20.7 Å². The van der Waals surface area contributed by atoms with Gasteiger partial charge in [0.05, 0.1) is 20.6 Å². The van der Waals surface area contributed by atoms with Crippen LogP contribution in [0.15, 0.2) is 40.9 Å². The third-order valence-corrected chi connectivity index (χ3v) is 3.63. The summed E-state index contributed by atoms with van der Waals surface area (Å²) in [5, 5.41) is 2.66. The Morgan fingerprint density at radius 2 is 1.90 bits per heavy atom. The molecule has 0 unspecified atom stereocenters. The molecule has 3 N–H and O–H groups in total. The van der Waals surface area contributed by atoms with E-state index in [2.05, 4.69) is 21.2 Å². The number of rotatable bonds is 3. The van der Waals surface area contributed by atoms with Crippen molar-refractivity contribution in [2.24, 2.45) is 5.73 Å². The second-order valence-corrected chi connectivity index (χ2v) is 5.38. The van der Waals surface area contributed by atoms with Gasteiger partial charge in [0.1, 0.15) is 5.82 Å². The van der Waals surface area contributed by atoms with E-state index in [0.29, 0.717) is 0 Å². The van der Waals surface area contributed by atoms with Crippen molar-refractivity contribution in [2.45, 2.75) is 0 Å². The van der Waals surface area contributed by atoms with Crippen molar-refractivity contribution in [2.75, 3.05) is 5.32 Å². The quantitative estimate of drug-likeness (QED) is 0.865. The first-order valence-corrected chi connectivity index (χ1v) is 6.92. The van der Waals surface area contributed by atoms with E-state index in [1.54, 1.807) is 6.07 Å². The van der Waals surface area contributed by atoms with Gasteiger partial charge in [0.2, 0.25) is 5.91 Å². The molecule has 2 rings (SSSR count). The fraction of sp³-hybridized carbons (Fsp3) is 0. The number of anilines is 1. The zero-order valence-corrected chi connectivity index (χ0v) is 12.8. The van der Waals surface area contributed by atoms with Crippen LogP contribution in [0.25, 0.3) is 0 Å². The summed E-state index contributed by atoms with van der Waals surface area (Å²) in [6, 6.07) is 8.62. The van der Waals surface area contributed by atoms with Gasteiger partial charge in [0.25, 0.3) is 5.91 Å². The Kier molecular flexibility index (Phi) is 4.59. The molecular weight excluding hydrogens is 363 g/mol. The van der Waals surface area contributed by atoms with Gasteiger partial charge in [-0.05, 0) is 46.3 Å². The number of primary amides is 1. The van der Waals surface area contributed by atoms with Crippen molar-refractivity contribution in [1.29, 1.82) is 0 Å². The summed E-state index contributed by atoms with van der Waals surface area (Å²) in [7, 11) is 0. The van der Waals surface area contributed by atoms with Gasteiger partial charge in [-0.25, -0.2) is 4.39 Å². The molecule has 0 atom stereocenters. The topological polar surface area (TPSA) is 72.2 Å². The van der Waals surface area contributed by atoms with Crippen molar-refractivity contribution >= 4 is 45.0 Å². The lowest BCUT2D eigenvalue weighted by Crippen LogP contribution is -2.16. The van der Waals surface area contributed by atoms with Crippen molar-refractivity contribution in [3.05, 3.63) is 62.8 Å². The summed E-state index contributed by atoms with van der Waals surface area (Å²) in [5.41, 5.74) is 5.40. The van der Waals surface area contributed by atoms with E-state index in [1.807, 2.05) is 0 Å². The number of hydrogen-bond acceptors (Lipinski definition) is 2. The first-order chi connectivity index (χ1) is 9.90. The molecule has 0 fully saturated rings. The van der Waals surface area contributed by atoms with Crippen molar-refractivity contribution in [3.63, 3.8) is 0 Å². The first kappa shape index (κ1) is 15.5. The second kappa shape index (κ2) is 6.24. The van der Waals surface area contributed by atoms with Gasteiger partial charge in [-0.3, -0.25) is 9.59 Å². The smallest absolute Gasteiger partial charge is 0.258 e. The van der Waals surface area contributed by atoms with Gasteiger partial charge in [-0.2, -0.15) is 0 Å². The first-order valence-electron chi connectivity index (χ1n) is 5.75. The highest BCUT2D eigenvalue weighted by Crippen LogP contribution is 2.22. The molecule has 0 saturated heterocycles. The summed E-state index contributed by atoms with van der Waals surface area (Å²) < 4.78 is 14.0. The van der Waals surface area contributed by atoms with Crippen LogP contribution in [0.3, 0.4) is 0 Å². The van der Waals surface area contributed by atoms with Crippen molar-refractivity contribution in [1.82, 2.24) is 0 Å². The highest BCUT2D eigenvalue weighted by atomic mass is 79.9. The summed E-state index contributed by atoms with van der Waals surface area (Å²) in [6.45, 7) is 0. The molecule has 0 aromatic heterocycles. The highest BCUT2D eigenvalue weighted by Gasteiger charge is 2.15. The lowest BCUT2D eigenvalue weighted by molar-refractivity contribution is 0.0995. The molecular formula is C14H9BrClFN2O2. The zero-order chi connectivity index (χ0) is 15.6. The zero-order valence-electron chi connectivity index (χ0n) is 10.5. The largest absolute Gasteiger partial charge is 0.366 e. The van der Waals surface area contributed by atoms with Gasteiger partial charge >= 0.3 is 0 Å². The molecule has 0 saturated carbocycles. The predicted molar refractivity (Wildman–Crippen MR) is 82.0 cm³/mol. The van der Waals surface area contributed by atoms with Crippen LogP contribution in [0.2, 0.25) is 5.02 Å². The van der Waals surface area contributed by atoms with E-state index >= 15 is 0 Å². The summed E-state index contributed by atoms with van der Waals surface area (Å²) in [4.78, 5) is 23.2. The molecule has 2 amide bonds. The minimum absolute atomic E-state index is 0.0733. The monoisotopic (exact) mass is 370 g/mol. The third kappa shape index (κ3) is 3.40. The normalized spacial score (nSPS) is 10.2. The Bertz CT molecular complexity index is 737. The molecule has 0 heterocycles. The van der Waals surface area contributed by atoms with Crippen molar-refractivity contribution < 1.29 is 14.0 Å². The SMILES string of the molecule is NC(=O)c1cc(NC(=O)c2cccc(Br)c2F)ccc1Cl. The van der Waals surface area contributed by atoms with Crippen LogP contribution in [0.5, 0.6) is 0 Å². The number of carbonyl (C=O) groups is 2. The molecule has 21 heavy (non-hydrogen) atoms. The Morgan fingerprint density at radius 1 is 1.19 bits per heavy atom. The van der Waals surface area contributed by atoms with Gasteiger partial charge in [-0.15, -0.1) is 0 Å².